The van der Waals surface area contributed by atoms with Crippen LogP contribution >= 0.6 is 23.3 Å². The number of thiazole rings is 1. The second-order valence-electron chi connectivity index (χ2n) is 7.14. The molecule has 0 amide bonds. The zero-order valence-electron chi connectivity index (χ0n) is 18.9. The maximum atomic E-state index is 13.0. The lowest BCUT2D eigenvalue weighted by atomic mass is 10.0. The molecule has 1 aromatic heterocycles. The van der Waals surface area contributed by atoms with Crippen LogP contribution in [-0.2, 0) is 4.79 Å². The number of nitrogens with zero attached hydrogens (tertiary/aromatic N) is 2. The van der Waals surface area contributed by atoms with Crippen LogP contribution in [0.3, 0.4) is 0 Å². The molecule has 168 valence electrons. The van der Waals surface area contributed by atoms with Gasteiger partial charge in [-0.3, -0.25) is 0 Å². The second-order valence-corrected chi connectivity index (χ2v) is 9.31. The number of carbonyl (C=O) groups excluding carboxylic acids is 1. The van der Waals surface area contributed by atoms with Gasteiger partial charge in [-0.1, -0.05) is 31.3 Å². The number of piperidine rings is 1. The van der Waals surface area contributed by atoms with E-state index in [2.05, 4.69) is 39.7 Å². The second kappa shape index (κ2) is 12.8. The molecule has 1 fully saturated rings. The van der Waals surface area contributed by atoms with Gasteiger partial charge in [0.15, 0.2) is 5.13 Å². The van der Waals surface area contributed by atoms with Crippen molar-refractivity contribution in [3.05, 3.63) is 53.3 Å². The van der Waals surface area contributed by atoms with E-state index < -0.39 is 0 Å². The van der Waals surface area contributed by atoms with Crippen molar-refractivity contribution in [1.29, 1.82) is 0 Å². The quantitative estimate of drug-likeness (QED) is 0.345. The van der Waals surface area contributed by atoms with Crippen molar-refractivity contribution >= 4 is 44.9 Å². The summed E-state index contributed by atoms with van der Waals surface area (Å²) in [5, 5.41) is 4.03. The first-order valence-corrected chi connectivity index (χ1v) is 12.3. The normalized spacial score (nSPS) is 14.3. The molecule has 0 atom stereocenters. The number of aryl methyl sites for hydroxylation is 2. The molecule has 4 nitrogen and oxygen atoms in total. The molecule has 0 aliphatic carbocycles. The van der Waals surface area contributed by atoms with Crippen LogP contribution in [0.15, 0.2) is 41.3 Å². The van der Waals surface area contributed by atoms with Gasteiger partial charge in [-0.25, -0.2) is 13.7 Å². The summed E-state index contributed by atoms with van der Waals surface area (Å²) in [5.74, 6) is 0.0349. The van der Waals surface area contributed by atoms with Crippen LogP contribution in [0, 0.1) is 25.6 Å². The van der Waals surface area contributed by atoms with Gasteiger partial charge in [0.25, 0.3) is 0 Å². The van der Waals surface area contributed by atoms with Crippen LogP contribution in [0.5, 0.6) is 0 Å². The van der Waals surface area contributed by atoms with Crippen LogP contribution < -0.4 is 5.32 Å². The van der Waals surface area contributed by atoms with Crippen LogP contribution in [0.25, 0.3) is 10.2 Å². The van der Waals surface area contributed by atoms with Gasteiger partial charge < -0.3 is 10.1 Å². The average molecular weight is 462 g/mol. The lowest BCUT2D eigenvalue weighted by molar-refractivity contribution is -0.112. The Kier molecular flexibility index (Phi) is 10.4. The van der Waals surface area contributed by atoms with Crippen molar-refractivity contribution in [2.24, 2.45) is 5.92 Å². The van der Waals surface area contributed by atoms with Crippen molar-refractivity contribution in [3.63, 3.8) is 0 Å². The number of hydrogen-bond acceptors (Lipinski definition) is 6. The fraction of sp³-hybridized carbons (Fsp3) is 0.417. The summed E-state index contributed by atoms with van der Waals surface area (Å²) in [5.41, 5.74) is 3.33. The third-order valence-electron chi connectivity index (χ3n) is 4.81. The third-order valence-corrected chi connectivity index (χ3v) is 7.13. The fourth-order valence-corrected chi connectivity index (χ4v) is 5.02. The maximum Gasteiger partial charge on any atom is 0.183 e. The Labute approximate surface area is 193 Å². The number of benzene rings is 2. The zero-order valence-corrected chi connectivity index (χ0v) is 20.6. The summed E-state index contributed by atoms with van der Waals surface area (Å²) in [6, 6.07) is 11.2. The molecule has 2 aromatic carbocycles. The molecule has 3 aromatic rings. The van der Waals surface area contributed by atoms with E-state index in [1.54, 1.807) is 29.4 Å². The Bertz CT molecular complexity index is 969. The molecular weight excluding hydrogens is 429 g/mol. The van der Waals surface area contributed by atoms with Gasteiger partial charge >= 0.3 is 0 Å². The lowest BCUT2D eigenvalue weighted by Crippen LogP contribution is -2.29. The summed E-state index contributed by atoms with van der Waals surface area (Å²) >= 11 is 3.35. The highest BCUT2D eigenvalue weighted by molar-refractivity contribution is 7.97. The largest absolute Gasteiger partial charge is 0.365 e. The van der Waals surface area contributed by atoms with E-state index in [1.165, 1.54) is 16.3 Å². The van der Waals surface area contributed by atoms with Crippen LogP contribution in [-0.4, -0.2) is 35.7 Å². The molecule has 1 N–H and O–H groups in total. The maximum absolute atomic E-state index is 13.0. The van der Waals surface area contributed by atoms with E-state index >= 15 is 0 Å². The molecule has 0 spiro atoms. The van der Waals surface area contributed by atoms with Gasteiger partial charge in [0.05, 0.1) is 10.2 Å². The summed E-state index contributed by atoms with van der Waals surface area (Å²) < 4.78 is 16.5. The lowest BCUT2D eigenvalue weighted by Gasteiger charge is -2.28. The minimum absolute atomic E-state index is 0.188. The number of fused-ring (bicyclic) bond motifs is 1. The molecule has 1 saturated heterocycles. The minimum Gasteiger partial charge on any atom is -0.365 e. The average Bonchev–Trinajstić information content (AvgIpc) is 3.20. The molecule has 0 bridgehead atoms. The topological polar surface area (TPSA) is 45.2 Å². The molecule has 4 rings (SSSR count). The first-order valence-electron chi connectivity index (χ1n) is 10.7. The highest BCUT2D eigenvalue weighted by atomic mass is 32.2. The van der Waals surface area contributed by atoms with Crippen molar-refractivity contribution in [2.75, 3.05) is 25.5 Å². The summed E-state index contributed by atoms with van der Waals surface area (Å²) in [6.45, 7) is 9.86. The smallest absolute Gasteiger partial charge is 0.183 e. The molecule has 1 aliphatic rings. The highest BCUT2D eigenvalue weighted by Crippen LogP contribution is 2.30. The van der Waals surface area contributed by atoms with E-state index in [9.17, 15) is 9.18 Å². The van der Waals surface area contributed by atoms with E-state index in [0.29, 0.717) is 0 Å². The number of aldehydes is 1. The number of hydrogen-bond donors (Lipinski definition) is 1. The van der Waals surface area contributed by atoms with Crippen molar-refractivity contribution in [1.82, 2.24) is 9.29 Å². The summed E-state index contributed by atoms with van der Waals surface area (Å²) in [4.78, 5) is 16.1. The van der Waals surface area contributed by atoms with E-state index in [4.69, 9.17) is 0 Å². The number of rotatable bonds is 4. The number of halogens is 1. The SMILES string of the molecule is CC.CNc1nc2ccc(C)cc2s1.Cc1cc(F)ccc1SN1CCC(C=O)CC1. The molecule has 1 aliphatic heterocycles. The van der Waals surface area contributed by atoms with Gasteiger partial charge in [-0.05, 0) is 80.1 Å². The predicted molar refractivity (Wildman–Crippen MR) is 133 cm³/mol. The van der Waals surface area contributed by atoms with Crippen LogP contribution in [0.4, 0.5) is 9.52 Å². The summed E-state index contributed by atoms with van der Waals surface area (Å²) in [7, 11) is 1.89. The van der Waals surface area contributed by atoms with Gasteiger partial charge in [0.1, 0.15) is 12.1 Å². The van der Waals surface area contributed by atoms with Crippen molar-refractivity contribution < 1.29 is 9.18 Å². The Morgan fingerprint density at radius 1 is 1.16 bits per heavy atom. The van der Waals surface area contributed by atoms with Crippen molar-refractivity contribution in [3.8, 4) is 0 Å². The van der Waals surface area contributed by atoms with Crippen LogP contribution in [0.1, 0.15) is 37.8 Å². The number of anilines is 1. The monoisotopic (exact) mass is 461 g/mol. The molecule has 2 heterocycles. The molecule has 0 unspecified atom stereocenters. The zero-order chi connectivity index (χ0) is 22.8. The van der Waals surface area contributed by atoms with Gasteiger partial charge in [0.2, 0.25) is 0 Å². The minimum atomic E-state index is -0.188. The molecule has 31 heavy (non-hydrogen) atoms. The van der Waals surface area contributed by atoms with E-state index in [0.717, 1.165) is 53.3 Å². The Morgan fingerprint density at radius 2 is 1.87 bits per heavy atom. The first kappa shape index (κ1) is 25.3. The van der Waals surface area contributed by atoms with Gasteiger partial charge in [0, 0.05) is 31.0 Å². The molecule has 7 heteroatoms. The van der Waals surface area contributed by atoms with Gasteiger partial charge in [-0.15, -0.1) is 0 Å². The Morgan fingerprint density at radius 3 is 2.48 bits per heavy atom. The first-order chi connectivity index (χ1) is 15.0. The highest BCUT2D eigenvalue weighted by Gasteiger charge is 2.19. The number of nitrogens with one attached hydrogen (secondary N) is 1. The summed E-state index contributed by atoms with van der Waals surface area (Å²) in [6.07, 6.45) is 2.92. The number of carbonyl (C=O) groups is 1. The van der Waals surface area contributed by atoms with Crippen molar-refractivity contribution in [2.45, 2.75) is 45.4 Å². The fourth-order valence-electron chi connectivity index (χ4n) is 3.10. The van der Waals surface area contributed by atoms with Gasteiger partial charge in [-0.2, -0.15) is 0 Å². The molecular formula is C24H32FN3OS2. The standard InChI is InChI=1S/C13H16FNOS.C9H10N2S.C2H6/c1-10-8-12(14)2-3-13(10)17-15-6-4-11(9-16)5-7-15;1-6-3-4-7-8(5-6)12-9(10-2)11-7;1-2/h2-3,8-9,11H,4-7H2,1H3;3-5H,1-2H3,(H,10,11);1-2H3. The Balaban J connectivity index is 0.000000214. The van der Waals surface area contributed by atoms with Crippen LogP contribution in [0.2, 0.25) is 0 Å². The van der Waals surface area contributed by atoms with E-state index in [1.807, 2.05) is 33.9 Å². The number of aromatic nitrogens is 1. The Hall–Kier alpha value is -1.96. The predicted octanol–water partition coefficient (Wildman–Crippen LogP) is 6.72. The van der Waals surface area contributed by atoms with E-state index in [-0.39, 0.29) is 11.7 Å². The third kappa shape index (κ3) is 7.59. The molecule has 0 radical (unpaired) electrons. The molecule has 0 saturated carbocycles.